The Morgan fingerprint density at radius 1 is 1.32 bits per heavy atom. The second kappa shape index (κ2) is 6.21. The lowest BCUT2D eigenvalue weighted by Gasteiger charge is -2.10. The third-order valence-electron chi connectivity index (χ3n) is 2.73. The highest BCUT2D eigenvalue weighted by molar-refractivity contribution is 9.10. The average molecular weight is 324 g/mol. The number of anilines is 2. The summed E-state index contributed by atoms with van der Waals surface area (Å²) in [7, 11) is 1.70. The van der Waals surface area contributed by atoms with Crippen LogP contribution >= 0.6 is 15.9 Å². The average Bonchev–Trinajstić information content (AvgIpc) is 2.65. The fourth-order valence-corrected chi connectivity index (χ4v) is 2.55. The molecule has 5 heteroatoms. The van der Waals surface area contributed by atoms with Gasteiger partial charge in [0, 0.05) is 30.0 Å². The minimum Gasteiger partial charge on any atom is -0.383 e. The molecule has 19 heavy (non-hydrogen) atoms. The Balaban J connectivity index is 2.22. The highest BCUT2D eigenvalue weighted by Gasteiger charge is 2.06. The van der Waals surface area contributed by atoms with Gasteiger partial charge in [0.05, 0.1) is 12.3 Å². The maximum Gasteiger partial charge on any atom is 0.207 e. The summed E-state index contributed by atoms with van der Waals surface area (Å²) < 4.78 is 8.24. The molecule has 1 aromatic heterocycles. The van der Waals surface area contributed by atoms with Gasteiger partial charge in [0.2, 0.25) is 5.95 Å². The zero-order chi connectivity index (χ0) is 13.8. The van der Waals surface area contributed by atoms with Crippen molar-refractivity contribution < 1.29 is 4.74 Å². The van der Waals surface area contributed by atoms with Crippen molar-refractivity contribution in [2.24, 2.45) is 0 Å². The number of imidazole rings is 1. The van der Waals surface area contributed by atoms with Gasteiger partial charge in [0.25, 0.3) is 0 Å². The number of aryl methyl sites for hydroxylation is 2. The number of methoxy groups -OCH3 is 1. The topological polar surface area (TPSA) is 39.1 Å². The zero-order valence-electron chi connectivity index (χ0n) is 11.4. The lowest BCUT2D eigenvalue weighted by molar-refractivity contribution is 0.188. The molecule has 0 aliphatic carbocycles. The van der Waals surface area contributed by atoms with E-state index in [0.29, 0.717) is 6.61 Å². The summed E-state index contributed by atoms with van der Waals surface area (Å²) in [5.74, 6) is 0.840. The van der Waals surface area contributed by atoms with Crippen molar-refractivity contribution in [1.82, 2.24) is 9.55 Å². The Bertz CT molecular complexity index is 546. The molecule has 0 amide bonds. The molecule has 0 bridgehead atoms. The summed E-state index contributed by atoms with van der Waals surface area (Å²) in [4.78, 5) is 4.50. The second-order valence-electron chi connectivity index (χ2n) is 4.53. The molecule has 0 aliphatic heterocycles. The first-order chi connectivity index (χ1) is 9.08. The predicted molar refractivity (Wildman–Crippen MR) is 81.0 cm³/mol. The highest BCUT2D eigenvalue weighted by atomic mass is 79.9. The number of aromatic nitrogens is 2. The first-order valence-corrected chi connectivity index (χ1v) is 6.94. The molecule has 1 N–H and O–H groups in total. The lowest BCUT2D eigenvalue weighted by atomic mass is 10.2. The monoisotopic (exact) mass is 323 g/mol. The Labute approximate surface area is 121 Å². The molecule has 0 unspecified atom stereocenters. The first kappa shape index (κ1) is 14.1. The largest absolute Gasteiger partial charge is 0.383 e. The van der Waals surface area contributed by atoms with E-state index in [1.54, 1.807) is 7.11 Å². The number of nitrogens with one attached hydrogen (secondary N) is 1. The van der Waals surface area contributed by atoms with Gasteiger partial charge in [-0.15, -0.1) is 0 Å². The van der Waals surface area contributed by atoms with Gasteiger partial charge in [-0.25, -0.2) is 4.98 Å². The fourth-order valence-electron chi connectivity index (χ4n) is 1.94. The van der Waals surface area contributed by atoms with E-state index in [1.165, 1.54) is 5.56 Å². The van der Waals surface area contributed by atoms with E-state index in [0.717, 1.165) is 28.3 Å². The first-order valence-electron chi connectivity index (χ1n) is 6.15. The molecule has 0 aliphatic rings. The molecule has 0 spiro atoms. The van der Waals surface area contributed by atoms with E-state index >= 15 is 0 Å². The molecule has 0 fully saturated rings. The van der Waals surface area contributed by atoms with Crippen molar-refractivity contribution >= 4 is 27.6 Å². The Hall–Kier alpha value is -1.33. The molecule has 1 heterocycles. The van der Waals surface area contributed by atoms with E-state index in [9.17, 15) is 0 Å². The summed E-state index contributed by atoms with van der Waals surface area (Å²) in [5.41, 5.74) is 3.21. The molecular weight excluding hydrogens is 306 g/mol. The molecule has 102 valence electrons. The summed E-state index contributed by atoms with van der Waals surface area (Å²) in [6, 6.07) is 6.21. The maximum absolute atomic E-state index is 5.11. The second-order valence-corrected chi connectivity index (χ2v) is 5.45. The van der Waals surface area contributed by atoms with Crippen LogP contribution in [0.25, 0.3) is 0 Å². The minimum atomic E-state index is 0.669. The minimum absolute atomic E-state index is 0.669. The van der Waals surface area contributed by atoms with Crippen LogP contribution in [-0.4, -0.2) is 23.3 Å². The fraction of sp³-hybridized carbons (Fsp3) is 0.357. The van der Waals surface area contributed by atoms with Crippen molar-refractivity contribution in [1.29, 1.82) is 0 Å². The Morgan fingerprint density at radius 2 is 2.11 bits per heavy atom. The third kappa shape index (κ3) is 3.81. The number of rotatable bonds is 5. The van der Waals surface area contributed by atoms with Gasteiger partial charge in [0.1, 0.15) is 0 Å². The molecule has 0 saturated heterocycles. The zero-order valence-corrected chi connectivity index (χ0v) is 13.0. The van der Waals surface area contributed by atoms with Crippen molar-refractivity contribution in [3.8, 4) is 0 Å². The molecule has 0 atom stereocenters. The standard InChI is InChI=1S/C14H18BrN3O/c1-10-6-12(15)8-13(7-10)17-14-16-11(2)9-18(14)4-5-19-3/h6-9H,4-5H2,1-3H3,(H,16,17). The smallest absolute Gasteiger partial charge is 0.207 e. The SMILES string of the molecule is COCCn1cc(C)nc1Nc1cc(C)cc(Br)c1. The van der Waals surface area contributed by atoms with Crippen LogP contribution in [0.4, 0.5) is 11.6 Å². The number of benzene rings is 1. The van der Waals surface area contributed by atoms with Gasteiger partial charge in [-0.3, -0.25) is 0 Å². The van der Waals surface area contributed by atoms with Gasteiger partial charge in [0.15, 0.2) is 0 Å². The highest BCUT2D eigenvalue weighted by Crippen LogP contribution is 2.22. The Morgan fingerprint density at radius 3 is 2.79 bits per heavy atom. The van der Waals surface area contributed by atoms with E-state index in [4.69, 9.17) is 4.74 Å². The van der Waals surface area contributed by atoms with Crippen LogP contribution in [0.2, 0.25) is 0 Å². The van der Waals surface area contributed by atoms with Crippen LogP contribution in [0.5, 0.6) is 0 Å². The number of hydrogen-bond acceptors (Lipinski definition) is 3. The molecule has 0 saturated carbocycles. The lowest BCUT2D eigenvalue weighted by Crippen LogP contribution is -2.07. The van der Waals surface area contributed by atoms with Crippen LogP contribution in [0, 0.1) is 13.8 Å². The number of halogens is 1. The predicted octanol–water partition coefficient (Wildman–Crippen LogP) is 3.65. The quantitative estimate of drug-likeness (QED) is 0.912. The normalized spacial score (nSPS) is 10.7. The van der Waals surface area contributed by atoms with Gasteiger partial charge < -0.3 is 14.6 Å². The molecule has 1 aromatic carbocycles. The van der Waals surface area contributed by atoms with Gasteiger partial charge in [-0.1, -0.05) is 15.9 Å². The van der Waals surface area contributed by atoms with Crippen molar-refractivity contribution in [2.75, 3.05) is 19.0 Å². The van der Waals surface area contributed by atoms with Crippen molar-refractivity contribution in [2.45, 2.75) is 20.4 Å². The molecule has 4 nitrogen and oxygen atoms in total. The van der Waals surface area contributed by atoms with Crippen LogP contribution in [0.1, 0.15) is 11.3 Å². The summed E-state index contributed by atoms with van der Waals surface area (Å²) in [5, 5.41) is 3.35. The van der Waals surface area contributed by atoms with Crippen LogP contribution in [-0.2, 0) is 11.3 Å². The number of ether oxygens (including phenoxy) is 1. The van der Waals surface area contributed by atoms with Gasteiger partial charge in [-0.2, -0.15) is 0 Å². The van der Waals surface area contributed by atoms with Crippen molar-refractivity contribution in [3.05, 3.63) is 40.1 Å². The summed E-state index contributed by atoms with van der Waals surface area (Å²) in [6.45, 7) is 5.51. The van der Waals surface area contributed by atoms with Crippen LogP contribution in [0.15, 0.2) is 28.9 Å². The molecule has 0 radical (unpaired) electrons. The summed E-state index contributed by atoms with van der Waals surface area (Å²) in [6.07, 6.45) is 2.02. The molecule has 2 rings (SSSR count). The molecule has 2 aromatic rings. The number of hydrogen-bond donors (Lipinski definition) is 1. The van der Waals surface area contributed by atoms with E-state index in [-0.39, 0.29) is 0 Å². The summed E-state index contributed by atoms with van der Waals surface area (Å²) >= 11 is 3.50. The van der Waals surface area contributed by atoms with Gasteiger partial charge >= 0.3 is 0 Å². The van der Waals surface area contributed by atoms with Crippen molar-refractivity contribution in [3.63, 3.8) is 0 Å². The Kier molecular flexibility index (Phi) is 4.61. The maximum atomic E-state index is 5.11. The third-order valence-corrected chi connectivity index (χ3v) is 3.19. The van der Waals surface area contributed by atoms with Crippen LogP contribution < -0.4 is 5.32 Å². The van der Waals surface area contributed by atoms with Gasteiger partial charge in [-0.05, 0) is 37.6 Å². The molecular formula is C14H18BrN3O. The van der Waals surface area contributed by atoms with E-state index < -0.39 is 0 Å². The van der Waals surface area contributed by atoms with Crippen LogP contribution in [0.3, 0.4) is 0 Å². The number of nitrogens with zero attached hydrogens (tertiary/aromatic N) is 2. The van der Waals surface area contributed by atoms with E-state index in [2.05, 4.69) is 49.9 Å². The van der Waals surface area contributed by atoms with E-state index in [1.807, 2.05) is 19.2 Å².